The molecule has 2 rings (SSSR count). The van der Waals surface area contributed by atoms with Gasteiger partial charge in [0, 0.05) is 32.4 Å². The molecule has 0 spiro atoms. The van der Waals surface area contributed by atoms with E-state index in [9.17, 15) is 4.39 Å². The Labute approximate surface area is 108 Å². The Morgan fingerprint density at radius 2 is 2.22 bits per heavy atom. The van der Waals surface area contributed by atoms with Gasteiger partial charge in [0.15, 0.2) is 0 Å². The fourth-order valence-corrected chi connectivity index (χ4v) is 1.95. The van der Waals surface area contributed by atoms with Gasteiger partial charge < -0.3 is 15.4 Å². The Bertz CT molecular complexity index is 393. The number of anilines is 1. The van der Waals surface area contributed by atoms with Crippen molar-refractivity contribution in [2.75, 3.05) is 31.7 Å². The second kappa shape index (κ2) is 6.16. The largest absolute Gasteiger partial charge is 0.379 e. The van der Waals surface area contributed by atoms with E-state index in [1.165, 1.54) is 25.0 Å². The lowest BCUT2D eigenvalue weighted by Crippen LogP contribution is -2.24. The van der Waals surface area contributed by atoms with Crippen LogP contribution in [0.3, 0.4) is 0 Å². The normalized spacial score (nSPS) is 14.8. The van der Waals surface area contributed by atoms with E-state index < -0.39 is 0 Å². The Balaban J connectivity index is 1.84. The summed E-state index contributed by atoms with van der Waals surface area (Å²) in [5.41, 5.74) is 7.45. The zero-order valence-corrected chi connectivity index (χ0v) is 10.9. The number of ether oxygens (including phenoxy) is 1. The summed E-state index contributed by atoms with van der Waals surface area (Å²) in [7, 11) is 1.98. The van der Waals surface area contributed by atoms with E-state index >= 15 is 0 Å². The number of nitrogens with two attached hydrogens (primary N) is 1. The maximum Gasteiger partial charge on any atom is 0.123 e. The first-order valence-corrected chi connectivity index (χ1v) is 6.48. The van der Waals surface area contributed by atoms with Gasteiger partial charge in [-0.05, 0) is 42.5 Å². The highest BCUT2D eigenvalue weighted by Crippen LogP contribution is 2.28. The van der Waals surface area contributed by atoms with E-state index in [1.807, 2.05) is 7.05 Å². The van der Waals surface area contributed by atoms with Crippen LogP contribution < -0.4 is 10.6 Å². The third-order valence-electron chi connectivity index (χ3n) is 3.29. The average Bonchev–Trinajstić information content (AvgIpc) is 3.18. The minimum Gasteiger partial charge on any atom is -0.379 e. The van der Waals surface area contributed by atoms with Crippen LogP contribution in [0.25, 0.3) is 0 Å². The Hall–Kier alpha value is -1.13. The molecule has 0 unspecified atom stereocenters. The molecule has 0 heterocycles. The number of likely N-dealkylation sites (N-methyl/N-ethyl adjacent to an activating group) is 1. The molecule has 1 aliphatic rings. The maximum atomic E-state index is 13.1. The monoisotopic (exact) mass is 252 g/mol. The number of nitrogens with zero attached hydrogens (tertiary/aromatic N) is 1. The minimum atomic E-state index is -0.238. The fraction of sp³-hybridized carbons (Fsp3) is 0.571. The van der Waals surface area contributed by atoms with Crippen molar-refractivity contribution in [1.82, 2.24) is 0 Å². The average molecular weight is 252 g/mol. The minimum absolute atomic E-state index is 0.238. The van der Waals surface area contributed by atoms with Crippen LogP contribution in [0.5, 0.6) is 0 Å². The smallest absolute Gasteiger partial charge is 0.123 e. The van der Waals surface area contributed by atoms with Crippen LogP contribution >= 0.6 is 0 Å². The standard InChI is InChI=1S/C14H21FN2O/c1-17(6-7-18-10-11-2-3-11)14-5-4-13(15)8-12(14)9-16/h4-5,8,11H,2-3,6-7,9-10,16H2,1H3. The molecular weight excluding hydrogens is 231 g/mol. The summed E-state index contributed by atoms with van der Waals surface area (Å²) in [6.07, 6.45) is 2.62. The Morgan fingerprint density at radius 3 is 2.89 bits per heavy atom. The van der Waals surface area contributed by atoms with Crippen molar-refractivity contribution in [1.29, 1.82) is 0 Å². The molecule has 18 heavy (non-hydrogen) atoms. The first-order valence-electron chi connectivity index (χ1n) is 6.48. The van der Waals surface area contributed by atoms with Crippen molar-refractivity contribution in [3.8, 4) is 0 Å². The zero-order chi connectivity index (χ0) is 13.0. The number of rotatable bonds is 7. The van der Waals surface area contributed by atoms with Gasteiger partial charge in [0.1, 0.15) is 5.82 Å². The number of hydrogen-bond acceptors (Lipinski definition) is 3. The molecule has 1 aliphatic carbocycles. The lowest BCUT2D eigenvalue weighted by molar-refractivity contribution is 0.131. The molecule has 1 aromatic carbocycles. The second-order valence-electron chi connectivity index (χ2n) is 4.92. The molecular formula is C14H21FN2O. The van der Waals surface area contributed by atoms with Crippen molar-refractivity contribution in [2.45, 2.75) is 19.4 Å². The summed E-state index contributed by atoms with van der Waals surface area (Å²) in [6.45, 7) is 2.72. The molecule has 0 amide bonds. The molecule has 0 aliphatic heterocycles. The van der Waals surface area contributed by atoms with Crippen LogP contribution in [-0.2, 0) is 11.3 Å². The van der Waals surface area contributed by atoms with Crippen molar-refractivity contribution in [2.24, 2.45) is 11.7 Å². The summed E-state index contributed by atoms with van der Waals surface area (Å²) in [4.78, 5) is 2.06. The van der Waals surface area contributed by atoms with E-state index in [4.69, 9.17) is 10.5 Å². The van der Waals surface area contributed by atoms with Gasteiger partial charge in [-0.15, -0.1) is 0 Å². The molecule has 0 atom stereocenters. The summed E-state index contributed by atoms with van der Waals surface area (Å²) in [5, 5.41) is 0. The van der Waals surface area contributed by atoms with Gasteiger partial charge in [-0.3, -0.25) is 0 Å². The van der Waals surface area contributed by atoms with Gasteiger partial charge in [0.25, 0.3) is 0 Å². The molecule has 2 N–H and O–H groups in total. The number of halogens is 1. The third-order valence-corrected chi connectivity index (χ3v) is 3.29. The topological polar surface area (TPSA) is 38.5 Å². The van der Waals surface area contributed by atoms with Gasteiger partial charge in [-0.2, -0.15) is 0 Å². The zero-order valence-electron chi connectivity index (χ0n) is 10.9. The molecule has 1 aromatic rings. The van der Waals surface area contributed by atoms with Crippen LogP contribution in [-0.4, -0.2) is 26.8 Å². The van der Waals surface area contributed by atoms with Crippen LogP contribution in [0.4, 0.5) is 10.1 Å². The first kappa shape index (κ1) is 13.3. The van der Waals surface area contributed by atoms with Crippen molar-refractivity contribution < 1.29 is 9.13 Å². The summed E-state index contributed by atoms with van der Waals surface area (Å²) < 4.78 is 18.7. The van der Waals surface area contributed by atoms with Crippen molar-refractivity contribution in [3.05, 3.63) is 29.6 Å². The van der Waals surface area contributed by atoms with E-state index in [1.54, 1.807) is 6.07 Å². The number of hydrogen-bond donors (Lipinski definition) is 1. The molecule has 1 saturated carbocycles. The fourth-order valence-electron chi connectivity index (χ4n) is 1.95. The van der Waals surface area contributed by atoms with E-state index in [-0.39, 0.29) is 5.82 Å². The first-order chi connectivity index (χ1) is 8.70. The lowest BCUT2D eigenvalue weighted by Gasteiger charge is -2.22. The van der Waals surface area contributed by atoms with Gasteiger partial charge >= 0.3 is 0 Å². The van der Waals surface area contributed by atoms with Gasteiger partial charge in [0.2, 0.25) is 0 Å². The summed E-state index contributed by atoms with van der Waals surface area (Å²) in [5.74, 6) is 0.554. The Morgan fingerprint density at radius 1 is 1.44 bits per heavy atom. The van der Waals surface area contributed by atoms with E-state index in [2.05, 4.69) is 4.90 Å². The Kier molecular flexibility index (Phi) is 4.55. The van der Waals surface area contributed by atoms with Crippen LogP contribution in [0.15, 0.2) is 18.2 Å². The van der Waals surface area contributed by atoms with E-state index in [0.29, 0.717) is 13.2 Å². The van der Waals surface area contributed by atoms with Gasteiger partial charge in [-0.25, -0.2) is 4.39 Å². The van der Waals surface area contributed by atoms with Crippen LogP contribution in [0.2, 0.25) is 0 Å². The molecule has 0 saturated heterocycles. The second-order valence-corrected chi connectivity index (χ2v) is 4.92. The van der Waals surface area contributed by atoms with Crippen LogP contribution in [0, 0.1) is 11.7 Å². The quantitative estimate of drug-likeness (QED) is 0.756. The highest BCUT2D eigenvalue weighted by atomic mass is 19.1. The predicted octanol–water partition coefficient (Wildman–Crippen LogP) is 2.15. The maximum absolute atomic E-state index is 13.1. The molecule has 1 fully saturated rings. The molecule has 0 bridgehead atoms. The molecule has 0 aromatic heterocycles. The highest BCUT2D eigenvalue weighted by Gasteiger charge is 2.21. The highest BCUT2D eigenvalue weighted by molar-refractivity contribution is 5.53. The van der Waals surface area contributed by atoms with E-state index in [0.717, 1.165) is 30.3 Å². The molecule has 0 radical (unpaired) electrons. The molecule has 100 valence electrons. The summed E-state index contributed by atoms with van der Waals surface area (Å²) in [6, 6.07) is 4.74. The predicted molar refractivity (Wildman–Crippen MR) is 71.1 cm³/mol. The van der Waals surface area contributed by atoms with Crippen molar-refractivity contribution in [3.63, 3.8) is 0 Å². The summed E-state index contributed by atoms with van der Waals surface area (Å²) >= 11 is 0. The molecule has 4 heteroatoms. The third kappa shape index (κ3) is 3.68. The SMILES string of the molecule is CN(CCOCC1CC1)c1ccc(F)cc1CN. The molecule has 3 nitrogen and oxygen atoms in total. The number of benzene rings is 1. The van der Waals surface area contributed by atoms with Gasteiger partial charge in [0.05, 0.1) is 6.61 Å². The van der Waals surface area contributed by atoms with Gasteiger partial charge in [-0.1, -0.05) is 0 Å². The van der Waals surface area contributed by atoms with Crippen molar-refractivity contribution >= 4 is 5.69 Å². The van der Waals surface area contributed by atoms with Crippen LogP contribution in [0.1, 0.15) is 18.4 Å². The lowest BCUT2D eigenvalue weighted by atomic mass is 10.1.